The summed E-state index contributed by atoms with van der Waals surface area (Å²) in [7, 11) is -19.5. The molecule has 4 N–H and O–H groups in total. The van der Waals surface area contributed by atoms with Gasteiger partial charge in [-0.1, -0.05) is 102 Å². The molecule has 0 aliphatic rings. The lowest BCUT2D eigenvalue weighted by Gasteiger charge is -2.33. The maximum Gasteiger partial charge on any atom is 0.298 e. The molecule has 7 aromatic rings. The summed E-state index contributed by atoms with van der Waals surface area (Å²) < 4.78 is 158. The maximum atomic E-state index is 13.8. The standard InChI is InChI=1S/C58H58O17S4/c1-8-32-56(4,5)48-29-14-38(34-51(48)77(64,65)66)55(60)40-16-31-50(53(36-40)79(70,71)72)74-45-25-19-42(20-26-45)58(7,43-21-27-46(28-22-43)75-57(6,9-2)10-3)41-17-23-44(24-18-41)73-49-30-15-39(35-52(49)78(67,68)69)54(59)37-12-11-13-47(33-37)76(61,62)63/h11-31,33-36H,8-10,32H2,1-7H3,(H,61,62,63)(H,64,65,66)(H,67,68,69)(H,70,71,72). The largest absolute Gasteiger partial charge is 0.488 e. The predicted octanol–water partition coefficient (Wildman–Crippen LogP) is 12.1. The summed E-state index contributed by atoms with van der Waals surface area (Å²) in [5.41, 5.74) is -0.460. The molecule has 17 nitrogen and oxygen atoms in total. The van der Waals surface area contributed by atoms with Gasteiger partial charge >= 0.3 is 0 Å². The number of hydrogen-bond donors (Lipinski definition) is 4. The van der Waals surface area contributed by atoms with Crippen LogP contribution in [0.15, 0.2) is 171 Å². The van der Waals surface area contributed by atoms with Crippen molar-refractivity contribution in [2.75, 3.05) is 0 Å². The van der Waals surface area contributed by atoms with E-state index in [1.807, 2.05) is 72.7 Å². The molecule has 0 bridgehead atoms. The Morgan fingerprint density at radius 3 is 1.20 bits per heavy atom. The molecule has 0 heterocycles. The third-order valence-corrected chi connectivity index (χ3v) is 17.6. The monoisotopic (exact) mass is 1150 g/mol. The molecular weight excluding hydrogens is 1100 g/mol. The van der Waals surface area contributed by atoms with Gasteiger partial charge < -0.3 is 14.2 Å². The van der Waals surface area contributed by atoms with E-state index >= 15 is 0 Å². The van der Waals surface area contributed by atoms with Crippen LogP contribution < -0.4 is 14.2 Å². The highest BCUT2D eigenvalue weighted by atomic mass is 32.2. The molecule has 7 rings (SSSR count). The molecule has 0 fully saturated rings. The zero-order valence-corrected chi connectivity index (χ0v) is 47.3. The lowest BCUT2D eigenvalue weighted by atomic mass is 9.71. The molecule has 0 saturated heterocycles. The van der Waals surface area contributed by atoms with E-state index in [4.69, 9.17) is 14.2 Å². The van der Waals surface area contributed by atoms with Crippen molar-refractivity contribution < 1.29 is 75.7 Å². The topological polar surface area (TPSA) is 279 Å². The van der Waals surface area contributed by atoms with Crippen LogP contribution in [0.25, 0.3) is 0 Å². The SMILES string of the molecule is CCCC(C)(C)c1ccc(C(=O)c2ccc(Oc3ccc(C(C)(c4ccc(Oc5ccc(C(=O)c6cccc(S(=O)(=O)O)c6)cc5S(=O)(=O)O)cc4)c4ccc(OC(C)(CC)CC)cc4)cc3)c(S(=O)(=O)O)c2)cc1S(=O)(=O)O. The zero-order chi connectivity index (χ0) is 58.1. The van der Waals surface area contributed by atoms with E-state index in [0.29, 0.717) is 35.3 Å². The lowest BCUT2D eigenvalue weighted by Crippen LogP contribution is -2.30. The minimum absolute atomic E-state index is 0.122. The van der Waals surface area contributed by atoms with Crippen molar-refractivity contribution >= 4 is 52.0 Å². The van der Waals surface area contributed by atoms with Crippen LogP contribution in [0.2, 0.25) is 0 Å². The Balaban J connectivity index is 1.21. The fourth-order valence-corrected chi connectivity index (χ4v) is 11.9. The van der Waals surface area contributed by atoms with Gasteiger partial charge in [-0.05, 0) is 152 Å². The Bertz CT molecular complexity index is 3930. The number of benzene rings is 7. The number of ether oxygens (including phenoxy) is 3. The van der Waals surface area contributed by atoms with Crippen molar-refractivity contribution in [2.45, 2.75) is 110 Å². The second kappa shape index (κ2) is 22.6. The average Bonchev–Trinajstić information content (AvgIpc) is 3.58. The fourth-order valence-electron chi connectivity index (χ4n) is 9.20. The predicted molar refractivity (Wildman–Crippen MR) is 294 cm³/mol. The molecule has 1 atom stereocenters. The Morgan fingerprint density at radius 2 is 0.823 bits per heavy atom. The molecule has 0 aromatic heterocycles. The summed E-state index contributed by atoms with van der Waals surface area (Å²) in [6.07, 6.45) is 2.79. The minimum Gasteiger partial charge on any atom is -0.488 e. The molecule has 0 spiro atoms. The second-order valence-corrected chi connectivity index (χ2v) is 25.5. The molecule has 0 aliphatic carbocycles. The van der Waals surface area contributed by atoms with Gasteiger partial charge in [0.25, 0.3) is 40.5 Å². The first-order valence-electron chi connectivity index (χ1n) is 24.7. The summed E-state index contributed by atoms with van der Waals surface area (Å²) in [4.78, 5) is 24.7. The minimum atomic E-state index is -5.05. The van der Waals surface area contributed by atoms with E-state index < -0.39 is 88.1 Å². The normalized spacial score (nSPS) is 13.3. The van der Waals surface area contributed by atoms with Gasteiger partial charge in [-0.3, -0.25) is 27.8 Å². The van der Waals surface area contributed by atoms with E-state index in [9.17, 15) is 61.5 Å². The molecule has 21 heteroatoms. The number of ketones is 2. The molecule has 7 aromatic carbocycles. The van der Waals surface area contributed by atoms with E-state index in [2.05, 4.69) is 0 Å². The molecule has 416 valence electrons. The highest BCUT2D eigenvalue weighted by molar-refractivity contribution is 7.86. The van der Waals surface area contributed by atoms with E-state index in [1.165, 1.54) is 42.5 Å². The Hall–Kier alpha value is -7.08. The van der Waals surface area contributed by atoms with E-state index in [-0.39, 0.29) is 45.3 Å². The van der Waals surface area contributed by atoms with Crippen LogP contribution >= 0.6 is 0 Å². The molecule has 0 saturated carbocycles. The van der Waals surface area contributed by atoms with Crippen LogP contribution in [0.3, 0.4) is 0 Å². The summed E-state index contributed by atoms with van der Waals surface area (Å²) in [5.74, 6) is -1.42. The fraction of sp³-hybridized carbons (Fsp3) is 0.241. The van der Waals surface area contributed by atoms with Crippen LogP contribution in [-0.2, 0) is 51.3 Å². The summed E-state index contributed by atoms with van der Waals surface area (Å²) in [6, 6.07) is 35.6. The average molecular weight is 1160 g/mol. The van der Waals surface area contributed by atoms with Crippen LogP contribution in [0.5, 0.6) is 28.7 Å². The summed E-state index contributed by atoms with van der Waals surface area (Å²) in [5, 5.41) is 0. The first-order chi connectivity index (χ1) is 36.8. The molecule has 1 unspecified atom stereocenters. The van der Waals surface area contributed by atoms with Gasteiger partial charge in [-0.15, -0.1) is 0 Å². The highest BCUT2D eigenvalue weighted by Crippen LogP contribution is 2.43. The van der Waals surface area contributed by atoms with Gasteiger partial charge in [0.2, 0.25) is 0 Å². The molecule has 0 radical (unpaired) electrons. The van der Waals surface area contributed by atoms with Crippen molar-refractivity contribution in [1.29, 1.82) is 0 Å². The van der Waals surface area contributed by atoms with Crippen molar-refractivity contribution in [1.82, 2.24) is 0 Å². The first-order valence-corrected chi connectivity index (χ1v) is 30.5. The van der Waals surface area contributed by atoms with Gasteiger partial charge in [0.1, 0.15) is 44.1 Å². The Labute approximate surface area is 460 Å². The number of hydrogen-bond acceptors (Lipinski definition) is 13. The quantitative estimate of drug-likeness (QED) is 0.0279. The van der Waals surface area contributed by atoms with Gasteiger partial charge in [0.05, 0.1) is 9.79 Å². The molecule has 0 amide bonds. The third kappa shape index (κ3) is 13.3. The lowest BCUT2D eigenvalue weighted by molar-refractivity contribution is 0.0802. The van der Waals surface area contributed by atoms with Crippen LogP contribution in [0.4, 0.5) is 0 Å². The van der Waals surface area contributed by atoms with Gasteiger partial charge in [-0.25, -0.2) is 0 Å². The van der Waals surface area contributed by atoms with Crippen molar-refractivity contribution in [2.24, 2.45) is 0 Å². The molecule has 79 heavy (non-hydrogen) atoms. The van der Waals surface area contributed by atoms with Crippen LogP contribution in [0.1, 0.15) is 128 Å². The summed E-state index contributed by atoms with van der Waals surface area (Å²) >= 11 is 0. The van der Waals surface area contributed by atoms with Crippen molar-refractivity contribution in [3.63, 3.8) is 0 Å². The van der Waals surface area contributed by atoms with Gasteiger partial charge in [-0.2, -0.15) is 33.7 Å². The molecular formula is C58H58O17S4. The van der Waals surface area contributed by atoms with Gasteiger partial charge in [0.15, 0.2) is 11.6 Å². The van der Waals surface area contributed by atoms with Crippen LogP contribution in [0, 0.1) is 0 Å². The smallest absolute Gasteiger partial charge is 0.298 e. The van der Waals surface area contributed by atoms with E-state index in [1.54, 1.807) is 48.5 Å². The number of rotatable bonds is 22. The number of carbonyl (C=O) groups excluding carboxylic acids is 2. The first kappa shape index (κ1) is 59.6. The van der Waals surface area contributed by atoms with Crippen molar-refractivity contribution in [3.8, 4) is 28.7 Å². The van der Waals surface area contributed by atoms with E-state index in [0.717, 1.165) is 54.8 Å². The summed E-state index contributed by atoms with van der Waals surface area (Å²) in [6.45, 7) is 13.6. The second-order valence-electron chi connectivity index (χ2n) is 19.9. The highest BCUT2D eigenvalue weighted by Gasteiger charge is 2.34. The third-order valence-electron chi connectivity index (χ3n) is 14.1. The Kier molecular flexibility index (Phi) is 17.0. The van der Waals surface area contributed by atoms with Crippen molar-refractivity contribution in [3.05, 3.63) is 196 Å². The van der Waals surface area contributed by atoms with Gasteiger partial charge in [0, 0.05) is 27.7 Å². The molecule has 0 aliphatic heterocycles. The number of carbonyl (C=O) groups is 2. The maximum absolute atomic E-state index is 13.8. The zero-order valence-electron chi connectivity index (χ0n) is 44.0. The van der Waals surface area contributed by atoms with Crippen LogP contribution in [-0.4, -0.2) is 69.0 Å². The Morgan fingerprint density at radius 1 is 0.443 bits per heavy atom.